The van der Waals surface area contributed by atoms with E-state index in [2.05, 4.69) is 9.80 Å². The number of hydrogen-bond acceptors (Lipinski definition) is 4. The molecule has 1 unspecified atom stereocenters. The summed E-state index contributed by atoms with van der Waals surface area (Å²) in [6.45, 7) is 5.59. The zero-order valence-corrected chi connectivity index (χ0v) is 15.8. The Morgan fingerprint density at radius 1 is 1.16 bits per heavy atom. The molecule has 2 saturated heterocycles. The van der Waals surface area contributed by atoms with Crippen LogP contribution in [0.5, 0.6) is 0 Å². The van der Waals surface area contributed by atoms with E-state index in [1.165, 1.54) is 12.8 Å². The van der Waals surface area contributed by atoms with Gasteiger partial charge in [-0.3, -0.25) is 9.59 Å². The number of halogens is 2. The van der Waals surface area contributed by atoms with Crippen molar-refractivity contribution >= 4 is 41.1 Å². The average Bonchev–Trinajstić information content (AvgIpc) is 3.09. The molecule has 2 heterocycles. The van der Waals surface area contributed by atoms with Gasteiger partial charge in [0.25, 0.3) is 0 Å². The Hall–Kier alpha value is -1.30. The van der Waals surface area contributed by atoms with Crippen LogP contribution in [-0.4, -0.2) is 66.8 Å². The molecule has 0 N–H and O–H groups in total. The Labute approximate surface area is 158 Å². The Kier molecular flexibility index (Phi) is 5.87. The number of anilines is 1. The van der Waals surface area contributed by atoms with Gasteiger partial charge in [-0.25, -0.2) is 0 Å². The molecule has 1 aromatic rings. The Morgan fingerprint density at radius 3 is 2.48 bits per heavy atom. The van der Waals surface area contributed by atoms with Crippen LogP contribution in [0.3, 0.4) is 0 Å². The lowest BCUT2D eigenvalue weighted by Crippen LogP contribution is -2.64. The minimum absolute atomic E-state index is 0.0149. The first-order chi connectivity index (χ1) is 12.0. The predicted octanol–water partition coefficient (Wildman–Crippen LogP) is 2.69. The largest absolute Gasteiger partial charge is 0.363 e. The van der Waals surface area contributed by atoms with Crippen LogP contribution in [0, 0.1) is 0 Å². The van der Waals surface area contributed by atoms with Crippen molar-refractivity contribution in [2.75, 3.05) is 37.6 Å². The highest BCUT2D eigenvalue weighted by Crippen LogP contribution is 2.31. The molecule has 136 valence electrons. The Balaban J connectivity index is 1.93. The molecule has 1 aromatic carbocycles. The third-order valence-corrected chi connectivity index (χ3v) is 5.89. The number of piperazine rings is 1. The Morgan fingerprint density at radius 2 is 1.88 bits per heavy atom. The SMILES string of the molecule is CC(=O)[C@H]1C(CN2CCCC2)N(c2ccc(Cl)c(Cl)c2)CCN1C=O. The van der Waals surface area contributed by atoms with E-state index in [4.69, 9.17) is 23.2 Å². The number of carbonyl (C=O) groups is 2. The number of rotatable bonds is 5. The number of nitrogens with zero attached hydrogens (tertiary/aromatic N) is 3. The molecule has 2 atom stereocenters. The van der Waals surface area contributed by atoms with Gasteiger partial charge in [-0.1, -0.05) is 23.2 Å². The fourth-order valence-electron chi connectivity index (χ4n) is 3.95. The second-order valence-corrected chi connectivity index (χ2v) is 7.58. The van der Waals surface area contributed by atoms with Crippen LogP contribution >= 0.6 is 23.2 Å². The molecule has 2 aliphatic heterocycles. The summed E-state index contributed by atoms with van der Waals surface area (Å²) in [6, 6.07) is 5.02. The van der Waals surface area contributed by atoms with Gasteiger partial charge in [0.15, 0.2) is 5.78 Å². The van der Waals surface area contributed by atoms with Crippen LogP contribution < -0.4 is 4.90 Å². The maximum atomic E-state index is 12.4. The zero-order chi connectivity index (χ0) is 18.0. The van der Waals surface area contributed by atoms with Gasteiger partial charge in [0, 0.05) is 25.3 Å². The first kappa shape index (κ1) is 18.5. The van der Waals surface area contributed by atoms with Gasteiger partial charge >= 0.3 is 0 Å². The quantitative estimate of drug-likeness (QED) is 0.733. The van der Waals surface area contributed by atoms with Crippen molar-refractivity contribution in [2.45, 2.75) is 31.8 Å². The smallest absolute Gasteiger partial charge is 0.210 e. The monoisotopic (exact) mass is 383 g/mol. The van der Waals surface area contributed by atoms with Crippen molar-refractivity contribution in [1.82, 2.24) is 9.80 Å². The van der Waals surface area contributed by atoms with Gasteiger partial charge in [-0.15, -0.1) is 0 Å². The number of ketones is 1. The molecule has 5 nitrogen and oxygen atoms in total. The van der Waals surface area contributed by atoms with Crippen molar-refractivity contribution in [2.24, 2.45) is 0 Å². The normalized spacial score (nSPS) is 24.6. The average molecular weight is 384 g/mol. The number of hydrogen-bond donors (Lipinski definition) is 0. The molecule has 0 aromatic heterocycles. The first-order valence-corrected chi connectivity index (χ1v) is 9.42. The molecule has 3 rings (SSSR count). The van der Waals surface area contributed by atoms with Crippen molar-refractivity contribution in [3.8, 4) is 0 Å². The second kappa shape index (κ2) is 7.94. The second-order valence-electron chi connectivity index (χ2n) is 6.77. The van der Waals surface area contributed by atoms with E-state index >= 15 is 0 Å². The number of benzene rings is 1. The number of amides is 1. The third-order valence-electron chi connectivity index (χ3n) is 5.15. The molecular formula is C18H23Cl2N3O2. The molecule has 2 fully saturated rings. The van der Waals surface area contributed by atoms with Gasteiger partial charge in [0.05, 0.1) is 16.1 Å². The van der Waals surface area contributed by atoms with E-state index in [0.717, 1.165) is 31.7 Å². The van der Waals surface area contributed by atoms with Gasteiger partial charge in [0.2, 0.25) is 6.41 Å². The predicted molar refractivity (Wildman–Crippen MR) is 101 cm³/mol. The maximum Gasteiger partial charge on any atom is 0.210 e. The molecule has 25 heavy (non-hydrogen) atoms. The topological polar surface area (TPSA) is 43.9 Å². The molecule has 0 saturated carbocycles. The summed E-state index contributed by atoms with van der Waals surface area (Å²) in [6.07, 6.45) is 3.17. The van der Waals surface area contributed by atoms with Gasteiger partial charge < -0.3 is 14.7 Å². The van der Waals surface area contributed by atoms with E-state index in [1.54, 1.807) is 17.9 Å². The fourth-order valence-corrected chi connectivity index (χ4v) is 4.25. The number of carbonyl (C=O) groups excluding carboxylic acids is 2. The standard InChI is InChI=1S/C18H23Cl2N3O2/c1-13(25)18-17(11-21-6-2-3-7-21)23(9-8-22(18)12-24)14-4-5-15(19)16(20)10-14/h4-5,10,12,17-18H,2-3,6-9,11H2,1H3/t17?,18-/m0/s1. The van der Waals surface area contributed by atoms with Gasteiger partial charge in [-0.05, 0) is 51.1 Å². The highest BCUT2D eigenvalue weighted by atomic mass is 35.5. The molecule has 0 spiro atoms. The summed E-state index contributed by atoms with van der Waals surface area (Å²) < 4.78 is 0. The molecule has 0 radical (unpaired) electrons. The van der Waals surface area contributed by atoms with Crippen LogP contribution in [0.2, 0.25) is 10.0 Å². The van der Waals surface area contributed by atoms with E-state index < -0.39 is 6.04 Å². The zero-order valence-electron chi connectivity index (χ0n) is 14.3. The lowest BCUT2D eigenvalue weighted by atomic mass is 9.96. The van der Waals surface area contributed by atoms with Crippen LogP contribution in [0.15, 0.2) is 18.2 Å². The van der Waals surface area contributed by atoms with E-state index in [1.807, 2.05) is 12.1 Å². The lowest BCUT2D eigenvalue weighted by molar-refractivity contribution is -0.132. The molecular weight excluding hydrogens is 361 g/mol. The van der Waals surface area contributed by atoms with Crippen molar-refractivity contribution in [1.29, 1.82) is 0 Å². The van der Waals surface area contributed by atoms with Crippen LogP contribution in [0.25, 0.3) is 0 Å². The van der Waals surface area contributed by atoms with Crippen molar-refractivity contribution in [3.05, 3.63) is 28.2 Å². The summed E-state index contributed by atoms with van der Waals surface area (Å²) in [7, 11) is 0. The molecule has 1 amide bonds. The van der Waals surface area contributed by atoms with Gasteiger partial charge in [0.1, 0.15) is 6.04 Å². The highest BCUT2D eigenvalue weighted by Gasteiger charge is 2.40. The van der Waals surface area contributed by atoms with Crippen molar-refractivity contribution < 1.29 is 9.59 Å². The van der Waals surface area contributed by atoms with E-state index in [-0.39, 0.29) is 11.8 Å². The van der Waals surface area contributed by atoms with Gasteiger partial charge in [-0.2, -0.15) is 0 Å². The lowest BCUT2D eigenvalue weighted by Gasteiger charge is -2.47. The minimum atomic E-state index is -0.443. The van der Waals surface area contributed by atoms with Crippen molar-refractivity contribution in [3.63, 3.8) is 0 Å². The van der Waals surface area contributed by atoms with Crippen LogP contribution in [-0.2, 0) is 9.59 Å². The van der Waals surface area contributed by atoms with E-state index in [9.17, 15) is 9.59 Å². The number of Topliss-reactive ketones (excluding diaryl/α,β-unsaturated/α-hetero) is 1. The third kappa shape index (κ3) is 3.94. The summed E-state index contributed by atoms with van der Waals surface area (Å²) in [4.78, 5) is 30.1. The molecule has 0 bridgehead atoms. The summed E-state index contributed by atoms with van der Waals surface area (Å²) >= 11 is 12.3. The highest BCUT2D eigenvalue weighted by molar-refractivity contribution is 6.42. The van der Waals surface area contributed by atoms with Crippen LogP contribution in [0.4, 0.5) is 5.69 Å². The molecule has 2 aliphatic rings. The number of likely N-dealkylation sites (tertiary alicyclic amines) is 1. The fraction of sp³-hybridized carbons (Fsp3) is 0.556. The van der Waals surface area contributed by atoms with E-state index in [0.29, 0.717) is 23.1 Å². The summed E-state index contributed by atoms with van der Waals surface area (Å²) in [5.41, 5.74) is 0.940. The summed E-state index contributed by atoms with van der Waals surface area (Å²) in [5, 5.41) is 1.01. The Bertz CT molecular complexity index is 649. The first-order valence-electron chi connectivity index (χ1n) is 8.67. The molecule has 7 heteroatoms. The maximum absolute atomic E-state index is 12.4. The molecule has 0 aliphatic carbocycles. The van der Waals surface area contributed by atoms with Crippen LogP contribution in [0.1, 0.15) is 19.8 Å². The minimum Gasteiger partial charge on any atom is -0.363 e. The summed E-state index contributed by atoms with van der Waals surface area (Å²) in [5.74, 6) is 0.0149.